The number of carbonyl (C=O) groups excluding carboxylic acids is 1. The van der Waals surface area contributed by atoms with Crippen molar-refractivity contribution in [1.82, 2.24) is 9.55 Å². The number of rotatable bonds is 5. The van der Waals surface area contributed by atoms with Crippen molar-refractivity contribution in [3.8, 4) is 16.9 Å². The maximum atomic E-state index is 13.0. The van der Waals surface area contributed by atoms with E-state index in [4.69, 9.17) is 0 Å². The number of aryl methyl sites for hydroxylation is 1. The molecule has 4 rings (SSSR count). The Kier molecular flexibility index (Phi) is 5.26. The van der Waals surface area contributed by atoms with Crippen LogP contribution in [0.5, 0.6) is 0 Å². The molecule has 0 spiro atoms. The summed E-state index contributed by atoms with van der Waals surface area (Å²) in [4.78, 5) is 27.9. The number of hydrogen-bond acceptors (Lipinski definition) is 2. The molecule has 0 fully saturated rings. The SMILES string of the molecule is Cc1ccc(-c2cn(-c3cccc(C(=O)C=Cc4ccc(F)cc4)c3)c(=O)[nH]2)cc1. The lowest BCUT2D eigenvalue weighted by Crippen LogP contribution is -2.14. The third kappa shape index (κ3) is 4.20. The topological polar surface area (TPSA) is 54.9 Å². The molecule has 1 heterocycles. The second-order valence-corrected chi connectivity index (χ2v) is 7.01. The molecule has 0 aliphatic rings. The average Bonchev–Trinajstić information content (AvgIpc) is 3.15. The number of ketones is 1. The Labute approximate surface area is 173 Å². The highest BCUT2D eigenvalue weighted by molar-refractivity contribution is 6.07. The number of carbonyl (C=O) groups is 1. The maximum Gasteiger partial charge on any atom is 0.330 e. The van der Waals surface area contributed by atoms with Gasteiger partial charge >= 0.3 is 5.69 Å². The summed E-state index contributed by atoms with van der Waals surface area (Å²) in [6, 6.07) is 20.6. The molecular formula is C25H19FN2O2. The summed E-state index contributed by atoms with van der Waals surface area (Å²) >= 11 is 0. The first-order valence-corrected chi connectivity index (χ1v) is 9.47. The second-order valence-electron chi connectivity index (χ2n) is 7.01. The zero-order valence-electron chi connectivity index (χ0n) is 16.3. The van der Waals surface area contributed by atoms with Gasteiger partial charge in [0.15, 0.2) is 5.78 Å². The van der Waals surface area contributed by atoms with Gasteiger partial charge in [0.05, 0.1) is 11.4 Å². The Balaban J connectivity index is 1.60. The number of nitrogens with one attached hydrogen (secondary N) is 1. The molecular weight excluding hydrogens is 379 g/mol. The minimum atomic E-state index is -0.326. The summed E-state index contributed by atoms with van der Waals surface area (Å²) in [5.74, 6) is -0.531. The van der Waals surface area contributed by atoms with Crippen molar-refractivity contribution in [3.05, 3.63) is 118 Å². The van der Waals surface area contributed by atoms with E-state index in [1.165, 1.54) is 22.8 Å². The highest BCUT2D eigenvalue weighted by Gasteiger charge is 2.09. The summed E-state index contributed by atoms with van der Waals surface area (Å²) in [5.41, 5.74) is 4.24. The molecule has 4 nitrogen and oxygen atoms in total. The quantitative estimate of drug-likeness (QED) is 0.372. The van der Waals surface area contributed by atoms with Crippen LogP contribution in [0.1, 0.15) is 21.5 Å². The normalized spacial score (nSPS) is 11.1. The molecule has 0 aliphatic carbocycles. The van der Waals surface area contributed by atoms with Crippen LogP contribution in [-0.4, -0.2) is 15.3 Å². The van der Waals surface area contributed by atoms with Gasteiger partial charge in [0.25, 0.3) is 0 Å². The molecule has 0 bridgehead atoms. The van der Waals surface area contributed by atoms with Crippen LogP contribution >= 0.6 is 0 Å². The van der Waals surface area contributed by atoms with Crippen LogP contribution in [-0.2, 0) is 0 Å². The van der Waals surface area contributed by atoms with Crippen LogP contribution < -0.4 is 5.69 Å². The van der Waals surface area contributed by atoms with E-state index in [9.17, 15) is 14.0 Å². The van der Waals surface area contributed by atoms with Crippen LogP contribution in [0.3, 0.4) is 0 Å². The van der Waals surface area contributed by atoms with Crippen molar-refractivity contribution in [2.75, 3.05) is 0 Å². The Hall–Kier alpha value is -3.99. The van der Waals surface area contributed by atoms with E-state index >= 15 is 0 Å². The fourth-order valence-corrected chi connectivity index (χ4v) is 3.12. The lowest BCUT2D eigenvalue weighted by atomic mass is 10.1. The average molecular weight is 398 g/mol. The largest absolute Gasteiger partial charge is 0.330 e. The highest BCUT2D eigenvalue weighted by Crippen LogP contribution is 2.18. The monoisotopic (exact) mass is 398 g/mol. The van der Waals surface area contributed by atoms with Crippen LogP contribution in [0.25, 0.3) is 23.0 Å². The Bertz CT molecular complexity index is 1280. The number of halogens is 1. The lowest BCUT2D eigenvalue weighted by Gasteiger charge is -2.03. The fraction of sp³-hybridized carbons (Fsp3) is 0.0400. The summed E-state index contributed by atoms with van der Waals surface area (Å²) in [6.45, 7) is 2.00. The number of hydrogen-bond donors (Lipinski definition) is 1. The van der Waals surface area contributed by atoms with Gasteiger partial charge in [0.2, 0.25) is 0 Å². The molecule has 3 aromatic carbocycles. The summed E-state index contributed by atoms with van der Waals surface area (Å²) < 4.78 is 14.5. The third-order valence-electron chi connectivity index (χ3n) is 4.79. The van der Waals surface area contributed by atoms with Gasteiger partial charge in [-0.25, -0.2) is 9.18 Å². The van der Waals surface area contributed by atoms with Gasteiger partial charge in [-0.2, -0.15) is 0 Å². The van der Waals surface area contributed by atoms with Gasteiger partial charge < -0.3 is 4.98 Å². The standard InChI is InChI=1S/C25H19FN2O2/c1-17-5-10-19(11-6-17)23-16-28(25(30)27-23)22-4-2-3-20(15-22)24(29)14-9-18-7-12-21(26)13-8-18/h2-16H,1H3,(H,27,30). The molecule has 0 radical (unpaired) electrons. The van der Waals surface area contributed by atoms with Crippen LogP contribution in [0.15, 0.2) is 89.9 Å². The molecule has 0 amide bonds. The van der Waals surface area contributed by atoms with Gasteiger partial charge in [-0.3, -0.25) is 9.36 Å². The molecule has 4 aromatic rings. The third-order valence-corrected chi connectivity index (χ3v) is 4.79. The second kappa shape index (κ2) is 8.17. The number of aromatic amines is 1. The van der Waals surface area contributed by atoms with Crippen molar-refractivity contribution in [2.24, 2.45) is 0 Å². The van der Waals surface area contributed by atoms with E-state index < -0.39 is 0 Å². The predicted octanol–water partition coefficient (Wildman–Crippen LogP) is 5.18. The van der Waals surface area contributed by atoms with Gasteiger partial charge in [0.1, 0.15) is 5.82 Å². The first kappa shape index (κ1) is 19.3. The molecule has 148 valence electrons. The van der Waals surface area contributed by atoms with E-state index in [0.29, 0.717) is 16.9 Å². The van der Waals surface area contributed by atoms with Crippen LogP contribution in [0, 0.1) is 12.7 Å². The zero-order valence-corrected chi connectivity index (χ0v) is 16.3. The highest BCUT2D eigenvalue weighted by atomic mass is 19.1. The summed E-state index contributed by atoms with van der Waals surface area (Å²) in [6.07, 6.45) is 4.79. The molecule has 0 unspecified atom stereocenters. The minimum Gasteiger partial charge on any atom is -0.305 e. The summed E-state index contributed by atoms with van der Waals surface area (Å²) in [5, 5.41) is 0. The van der Waals surface area contributed by atoms with Gasteiger partial charge in [-0.05, 0) is 48.4 Å². The predicted molar refractivity (Wildman–Crippen MR) is 116 cm³/mol. The number of benzene rings is 3. The number of nitrogens with zero attached hydrogens (tertiary/aromatic N) is 1. The molecule has 1 N–H and O–H groups in total. The van der Waals surface area contributed by atoms with E-state index in [1.807, 2.05) is 31.2 Å². The number of allylic oxidation sites excluding steroid dienone is 1. The molecule has 0 saturated heterocycles. The van der Waals surface area contributed by atoms with Crippen molar-refractivity contribution in [2.45, 2.75) is 6.92 Å². The number of H-pyrrole nitrogens is 1. The molecule has 0 saturated carbocycles. The fourth-order valence-electron chi connectivity index (χ4n) is 3.12. The molecule has 5 heteroatoms. The van der Waals surface area contributed by atoms with Gasteiger partial charge in [-0.15, -0.1) is 0 Å². The zero-order chi connectivity index (χ0) is 21.1. The minimum absolute atomic E-state index is 0.205. The van der Waals surface area contributed by atoms with Crippen LogP contribution in [0.4, 0.5) is 4.39 Å². The Morgan fingerprint density at radius 1 is 1.00 bits per heavy atom. The number of aromatic nitrogens is 2. The van der Waals surface area contributed by atoms with Crippen molar-refractivity contribution < 1.29 is 9.18 Å². The summed E-state index contributed by atoms with van der Waals surface area (Å²) in [7, 11) is 0. The molecule has 0 atom stereocenters. The Morgan fingerprint density at radius 2 is 1.73 bits per heavy atom. The van der Waals surface area contributed by atoms with E-state index in [0.717, 1.165) is 16.7 Å². The maximum absolute atomic E-state index is 13.0. The molecule has 0 aliphatic heterocycles. The van der Waals surface area contributed by atoms with Gasteiger partial charge in [0, 0.05) is 11.8 Å². The van der Waals surface area contributed by atoms with Crippen molar-refractivity contribution >= 4 is 11.9 Å². The van der Waals surface area contributed by atoms with Crippen molar-refractivity contribution in [1.29, 1.82) is 0 Å². The Morgan fingerprint density at radius 3 is 2.47 bits per heavy atom. The molecule has 30 heavy (non-hydrogen) atoms. The van der Waals surface area contributed by atoms with E-state index in [-0.39, 0.29) is 17.3 Å². The van der Waals surface area contributed by atoms with Gasteiger partial charge in [-0.1, -0.05) is 60.2 Å². The first-order chi connectivity index (χ1) is 14.5. The van der Waals surface area contributed by atoms with E-state index in [1.54, 1.807) is 48.7 Å². The lowest BCUT2D eigenvalue weighted by molar-refractivity contribution is 0.104. The number of imidazole rings is 1. The van der Waals surface area contributed by atoms with Crippen LogP contribution in [0.2, 0.25) is 0 Å². The smallest absolute Gasteiger partial charge is 0.305 e. The molecule has 1 aromatic heterocycles. The van der Waals surface area contributed by atoms with E-state index in [2.05, 4.69) is 4.98 Å². The first-order valence-electron chi connectivity index (χ1n) is 9.47. The van der Waals surface area contributed by atoms with Crippen molar-refractivity contribution in [3.63, 3.8) is 0 Å².